The number of hydrogen-bond donors (Lipinski definition) is 2. The fraction of sp³-hybridized carbons (Fsp3) is 0.286. The summed E-state index contributed by atoms with van der Waals surface area (Å²) in [5.74, 6) is -0.606. The first kappa shape index (κ1) is 13.3. The Kier molecular flexibility index (Phi) is 3.39. The van der Waals surface area contributed by atoms with Crippen LogP contribution in [0.4, 0.5) is 0 Å². The number of nitrogens with two attached hydrogens (primary N) is 1. The second-order valence-corrected chi connectivity index (χ2v) is 4.96. The lowest BCUT2D eigenvalue weighted by Gasteiger charge is -2.15. The molecule has 3 rings (SSSR count). The third-order valence-electron chi connectivity index (χ3n) is 3.58. The van der Waals surface area contributed by atoms with Crippen molar-refractivity contribution in [3.63, 3.8) is 0 Å². The van der Waals surface area contributed by atoms with Crippen molar-refractivity contribution in [2.24, 2.45) is 5.73 Å². The molecule has 1 fully saturated rings. The molecular weight excluding hydrogens is 270 g/mol. The molecule has 21 heavy (non-hydrogen) atoms. The molecule has 7 heteroatoms. The Bertz CT molecular complexity index is 671. The maximum Gasteiger partial charge on any atom is 0.271 e. The van der Waals surface area contributed by atoms with Gasteiger partial charge in [-0.3, -0.25) is 9.59 Å². The Morgan fingerprint density at radius 3 is 2.38 bits per heavy atom. The Morgan fingerprint density at radius 1 is 1.10 bits per heavy atom. The van der Waals surface area contributed by atoms with E-state index >= 15 is 0 Å². The summed E-state index contributed by atoms with van der Waals surface area (Å²) in [6.07, 6.45) is 2.12. The fourth-order valence-electron chi connectivity index (χ4n) is 2.48. The number of aromatic amines is 1. The highest BCUT2D eigenvalue weighted by atomic mass is 16.2. The van der Waals surface area contributed by atoms with Crippen LogP contribution in [0, 0.1) is 0 Å². The molecule has 1 aliphatic rings. The van der Waals surface area contributed by atoms with Gasteiger partial charge in [0.1, 0.15) is 5.69 Å². The molecule has 0 radical (unpaired) electrons. The Morgan fingerprint density at radius 2 is 1.76 bits per heavy atom. The van der Waals surface area contributed by atoms with Gasteiger partial charge in [-0.1, -0.05) is 12.1 Å². The summed E-state index contributed by atoms with van der Waals surface area (Å²) < 4.78 is 0. The number of H-pyrrole nitrogens is 1. The third-order valence-corrected chi connectivity index (χ3v) is 3.58. The topological polar surface area (TPSA) is 105 Å². The molecule has 1 aromatic heterocycles. The zero-order valence-corrected chi connectivity index (χ0v) is 11.4. The number of rotatable bonds is 3. The van der Waals surface area contributed by atoms with Crippen LogP contribution in [0.2, 0.25) is 0 Å². The maximum atomic E-state index is 12.2. The summed E-state index contributed by atoms with van der Waals surface area (Å²) in [5.41, 5.74) is 7.04. The van der Waals surface area contributed by atoms with Gasteiger partial charge < -0.3 is 10.6 Å². The van der Waals surface area contributed by atoms with Crippen LogP contribution in [0.3, 0.4) is 0 Å². The molecule has 2 amide bonds. The van der Waals surface area contributed by atoms with Gasteiger partial charge in [-0.05, 0) is 25.0 Å². The minimum Gasteiger partial charge on any atom is -0.364 e. The number of nitrogens with one attached hydrogen (secondary N) is 1. The van der Waals surface area contributed by atoms with Gasteiger partial charge in [0.05, 0.1) is 0 Å². The number of likely N-dealkylation sites (tertiary alicyclic amines) is 1. The van der Waals surface area contributed by atoms with E-state index in [1.807, 2.05) is 4.90 Å². The monoisotopic (exact) mass is 285 g/mol. The van der Waals surface area contributed by atoms with Crippen LogP contribution in [0.15, 0.2) is 24.3 Å². The van der Waals surface area contributed by atoms with Crippen molar-refractivity contribution < 1.29 is 9.59 Å². The van der Waals surface area contributed by atoms with Crippen molar-refractivity contribution in [2.45, 2.75) is 12.8 Å². The Hall–Kier alpha value is -2.70. The van der Waals surface area contributed by atoms with Gasteiger partial charge in [-0.2, -0.15) is 15.4 Å². The average Bonchev–Trinajstić information content (AvgIpc) is 3.18. The van der Waals surface area contributed by atoms with E-state index in [0.29, 0.717) is 16.8 Å². The molecular formula is C14H15N5O2. The van der Waals surface area contributed by atoms with Crippen molar-refractivity contribution in [1.82, 2.24) is 20.3 Å². The first-order chi connectivity index (χ1) is 10.2. The summed E-state index contributed by atoms with van der Waals surface area (Å²) in [7, 11) is 0. The van der Waals surface area contributed by atoms with Crippen LogP contribution in [-0.2, 0) is 0 Å². The molecule has 0 bridgehead atoms. The molecule has 0 saturated carbocycles. The summed E-state index contributed by atoms with van der Waals surface area (Å²) in [6, 6.07) is 6.95. The molecule has 1 saturated heterocycles. The van der Waals surface area contributed by atoms with Crippen LogP contribution in [0.1, 0.15) is 33.7 Å². The number of primary amides is 1. The van der Waals surface area contributed by atoms with Crippen LogP contribution in [0.25, 0.3) is 11.3 Å². The lowest BCUT2D eigenvalue weighted by molar-refractivity contribution is 0.0792. The lowest BCUT2D eigenvalue weighted by Crippen LogP contribution is -2.27. The highest BCUT2D eigenvalue weighted by Gasteiger charge is 2.20. The summed E-state index contributed by atoms with van der Waals surface area (Å²) >= 11 is 0. The van der Waals surface area contributed by atoms with Crippen LogP contribution in [0.5, 0.6) is 0 Å². The number of amides is 2. The number of nitrogens with zero attached hydrogens (tertiary/aromatic N) is 3. The number of benzene rings is 1. The molecule has 0 unspecified atom stereocenters. The van der Waals surface area contributed by atoms with E-state index in [-0.39, 0.29) is 11.6 Å². The largest absolute Gasteiger partial charge is 0.364 e. The standard InChI is InChI=1S/C14H15N5O2/c15-13(20)12-11(16-18-17-12)9-3-5-10(6-4-9)14(21)19-7-1-2-8-19/h3-6H,1-2,7-8H2,(H2,15,20)(H,16,17,18). The van der Waals surface area contributed by atoms with Gasteiger partial charge in [-0.15, -0.1) is 0 Å². The predicted octanol–water partition coefficient (Wildman–Crippen LogP) is 0.807. The Balaban J connectivity index is 1.85. The first-order valence-electron chi connectivity index (χ1n) is 6.77. The Labute approximate surface area is 121 Å². The minimum atomic E-state index is -0.643. The summed E-state index contributed by atoms with van der Waals surface area (Å²) in [4.78, 5) is 25.3. The van der Waals surface area contributed by atoms with Crippen molar-refractivity contribution in [1.29, 1.82) is 0 Å². The van der Waals surface area contributed by atoms with E-state index in [0.717, 1.165) is 25.9 Å². The van der Waals surface area contributed by atoms with Crippen molar-refractivity contribution >= 4 is 11.8 Å². The molecule has 1 aliphatic heterocycles. The van der Waals surface area contributed by atoms with Gasteiger partial charge in [0.15, 0.2) is 5.69 Å². The van der Waals surface area contributed by atoms with Crippen LogP contribution >= 0.6 is 0 Å². The quantitative estimate of drug-likeness (QED) is 0.870. The van der Waals surface area contributed by atoms with E-state index in [1.165, 1.54) is 0 Å². The SMILES string of the molecule is NC(=O)c1n[nH]nc1-c1ccc(C(=O)N2CCCC2)cc1. The van der Waals surface area contributed by atoms with E-state index in [9.17, 15) is 9.59 Å². The van der Waals surface area contributed by atoms with E-state index in [4.69, 9.17) is 5.73 Å². The highest BCUT2D eigenvalue weighted by molar-refractivity contribution is 5.97. The highest BCUT2D eigenvalue weighted by Crippen LogP contribution is 2.21. The minimum absolute atomic E-state index is 0.0364. The zero-order valence-electron chi connectivity index (χ0n) is 11.4. The van der Waals surface area contributed by atoms with Crippen LogP contribution in [-0.4, -0.2) is 45.2 Å². The van der Waals surface area contributed by atoms with Crippen molar-refractivity contribution in [3.8, 4) is 11.3 Å². The molecule has 3 N–H and O–H groups in total. The predicted molar refractivity (Wildman–Crippen MR) is 75.5 cm³/mol. The van der Waals surface area contributed by atoms with Crippen molar-refractivity contribution in [2.75, 3.05) is 13.1 Å². The average molecular weight is 285 g/mol. The van der Waals surface area contributed by atoms with Gasteiger partial charge in [0.2, 0.25) is 0 Å². The van der Waals surface area contributed by atoms with Gasteiger partial charge in [0.25, 0.3) is 11.8 Å². The first-order valence-corrected chi connectivity index (χ1v) is 6.77. The number of carbonyl (C=O) groups is 2. The molecule has 0 spiro atoms. The zero-order chi connectivity index (χ0) is 14.8. The molecule has 1 aromatic carbocycles. The molecule has 2 aromatic rings. The van der Waals surface area contributed by atoms with E-state index in [1.54, 1.807) is 24.3 Å². The number of carbonyl (C=O) groups excluding carboxylic acids is 2. The third kappa shape index (κ3) is 2.49. The van der Waals surface area contributed by atoms with E-state index < -0.39 is 5.91 Å². The second kappa shape index (κ2) is 5.35. The molecule has 2 heterocycles. The fourth-order valence-corrected chi connectivity index (χ4v) is 2.48. The number of hydrogen-bond acceptors (Lipinski definition) is 4. The molecule has 7 nitrogen and oxygen atoms in total. The van der Waals surface area contributed by atoms with Gasteiger partial charge >= 0.3 is 0 Å². The second-order valence-electron chi connectivity index (χ2n) is 4.96. The number of aromatic nitrogens is 3. The lowest BCUT2D eigenvalue weighted by atomic mass is 10.1. The maximum absolute atomic E-state index is 12.2. The molecule has 108 valence electrons. The normalized spacial score (nSPS) is 14.4. The van der Waals surface area contributed by atoms with Crippen molar-refractivity contribution in [3.05, 3.63) is 35.5 Å². The summed E-state index contributed by atoms with van der Waals surface area (Å²) in [6.45, 7) is 1.63. The summed E-state index contributed by atoms with van der Waals surface area (Å²) in [5, 5.41) is 10.0. The molecule has 0 aliphatic carbocycles. The molecule has 0 atom stereocenters. The van der Waals surface area contributed by atoms with E-state index in [2.05, 4.69) is 15.4 Å². The smallest absolute Gasteiger partial charge is 0.271 e. The van der Waals surface area contributed by atoms with Gasteiger partial charge in [-0.25, -0.2) is 0 Å². The van der Waals surface area contributed by atoms with Crippen LogP contribution < -0.4 is 5.73 Å². The van der Waals surface area contributed by atoms with Gasteiger partial charge in [0, 0.05) is 24.2 Å².